The second-order valence-corrected chi connectivity index (χ2v) is 6.87. The number of carbonyl (C=O) groups excluding carboxylic acids is 1. The van der Waals surface area contributed by atoms with Gasteiger partial charge in [-0.2, -0.15) is 14.8 Å². The van der Waals surface area contributed by atoms with Gasteiger partial charge in [-0.3, -0.25) is 4.98 Å². The standard InChI is InChI=1S/C19H17F3N8O2/c1-29-17(24)15(32-18(25)31)16(23)27-19(29)30-12-3-2-6-26-14(12)11(28-30)7-8-9(20)4-5-10(21)13(8)22/h2-6,17H,7,23-24H2,1H3,(H2,25,31). The van der Waals surface area contributed by atoms with Crippen LogP contribution < -0.4 is 17.2 Å². The molecule has 10 nitrogen and oxygen atoms in total. The van der Waals surface area contributed by atoms with Crippen LogP contribution in [0.5, 0.6) is 0 Å². The molecule has 166 valence electrons. The fraction of sp³-hybridized carbons (Fsp3) is 0.158. The van der Waals surface area contributed by atoms with Gasteiger partial charge in [0.05, 0.1) is 11.2 Å². The molecule has 1 amide bonds. The van der Waals surface area contributed by atoms with Crippen LogP contribution in [0.4, 0.5) is 18.0 Å². The van der Waals surface area contributed by atoms with E-state index in [1.54, 1.807) is 12.1 Å². The molecule has 0 aliphatic carbocycles. The SMILES string of the molecule is CN1C(n2nc(Cc3c(F)ccc(F)c3F)c3ncccc32)=NC(N)=C(OC(N)=O)C1N. The zero-order valence-electron chi connectivity index (χ0n) is 16.6. The van der Waals surface area contributed by atoms with Crippen LogP contribution >= 0.6 is 0 Å². The normalized spacial score (nSPS) is 16.5. The molecule has 4 rings (SSSR count). The molecule has 0 fully saturated rings. The first-order valence-corrected chi connectivity index (χ1v) is 9.18. The molecule has 1 aromatic carbocycles. The van der Waals surface area contributed by atoms with Crippen LogP contribution in [0.3, 0.4) is 0 Å². The Bertz CT molecular complexity index is 1300. The molecule has 1 unspecified atom stereocenters. The van der Waals surface area contributed by atoms with E-state index in [1.807, 2.05) is 0 Å². The van der Waals surface area contributed by atoms with Crippen molar-refractivity contribution in [1.29, 1.82) is 0 Å². The average Bonchev–Trinajstić information content (AvgIpc) is 3.12. The van der Waals surface area contributed by atoms with Gasteiger partial charge in [-0.25, -0.2) is 18.0 Å². The summed E-state index contributed by atoms with van der Waals surface area (Å²) in [6, 6.07) is 4.81. The van der Waals surface area contributed by atoms with Gasteiger partial charge in [0.25, 0.3) is 0 Å². The second kappa shape index (κ2) is 7.85. The van der Waals surface area contributed by atoms with Crippen LogP contribution in [0.2, 0.25) is 0 Å². The van der Waals surface area contributed by atoms with E-state index < -0.39 is 35.3 Å². The number of ether oxygens (including phenoxy) is 1. The number of pyridine rings is 1. The molecule has 0 saturated heterocycles. The Balaban J connectivity index is 1.85. The Morgan fingerprint density at radius 3 is 2.66 bits per heavy atom. The molecule has 1 aliphatic rings. The topological polar surface area (TPSA) is 151 Å². The van der Waals surface area contributed by atoms with Gasteiger partial charge >= 0.3 is 6.09 Å². The third-order valence-electron chi connectivity index (χ3n) is 4.87. The molecule has 0 spiro atoms. The fourth-order valence-corrected chi connectivity index (χ4v) is 3.29. The summed E-state index contributed by atoms with van der Waals surface area (Å²) in [6.45, 7) is 0. The average molecular weight is 446 g/mol. The molecule has 13 heteroatoms. The summed E-state index contributed by atoms with van der Waals surface area (Å²) in [5, 5.41) is 4.39. The first kappa shape index (κ1) is 21.1. The van der Waals surface area contributed by atoms with Crippen LogP contribution in [-0.4, -0.2) is 44.9 Å². The maximum atomic E-state index is 14.2. The monoisotopic (exact) mass is 446 g/mol. The maximum absolute atomic E-state index is 14.2. The Hall–Kier alpha value is -4.13. The molecular formula is C19H17F3N8O2. The molecule has 6 N–H and O–H groups in total. The Kier molecular flexibility index (Phi) is 5.18. The first-order valence-electron chi connectivity index (χ1n) is 9.18. The number of nitrogens with zero attached hydrogens (tertiary/aromatic N) is 5. The highest BCUT2D eigenvalue weighted by Crippen LogP contribution is 2.25. The van der Waals surface area contributed by atoms with E-state index in [9.17, 15) is 18.0 Å². The smallest absolute Gasteiger partial charge is 0.407 e. The van der Waals surface area contributed by atoms with Gasteiger partial charge in [0, 0.05) is 25.2 Å². The van der Waals surface area contributed by atoms with Gasteiger partial charge in [-0.1, -0.05) is 0 Å². The lowest BCUT2D eigenvalue weighted by atomic mass is 10.1. The van der Waals surface area contributed by atoms with Gasteiger partial charge in [0.1, 0.15) is 17.5 Å². The molecule has 32 heavy (non-hydrogen) atoms. The highest BCUT2D eigenvalue weighted by atomic mass is 19.2. The van der Waals surface area contributed by atoms with Crippen LogP contribution in [0.1, 0.15) is 11.3 Å². The minimum absolute atomic E-state index is 0.122. The number of rotatable bonds is 3. The predicted octanol–water partition coefficient (Wildman–Crippen LogP) is 1.10. The van der Waals surface area contributed by atoms with E-state index in [2.05, 4.69) is 15.1 Å². The zero-order valence-corrected chi connectivity index (χ0v) is 16.6. The van der Waals surface area contributed by atoms with Crippen molar-refractivity contribution in [3.05, 3.63) is 70.8 Å². The van der Waals surface area contributed by atoms with Crippen molar-refractivity contribution in [3.8, 4) is 0 Å². The van der Waals surface area contributed by atoms with Crippen molar-refractivity contribution in [2.24, 2.45) is 22.2 Å². The molecule has 1 aliphatic heterocycles. The third-order valence-corrected chi connectivity index (χ3v) is 4.87. The molecule has 1 atom stereocenters. The van der Waals surface area contributed by atoms with E-state index in [1.165, 1.54) is 22.8 Å². The number of primary amides is 1. The van der Waals surface area contributed by atoms with Crippen molar-refractivity contribution in [2.75, 3.05) is 7.05 Å². The van der Waals surface area contributed by atoms with Crippen molar-refractivity contribution in [2.45, 2.75) is 12.6 Å². The lowest BCUT2D eigenvalue weighted by Crippen LogP contribution is -2.51. The van der Waals surface area contributed by atoms with E-state index in [0.29, 0.717) is 17.1 Å². The van der Waals surface area contributed by atoms with Crippen molar-refractivity contribution in [3.63, 3.8) is 0 Å². The number of nitrogens with two attached hydrogens (primary N) is 3. The molecule has 0 saturated carbocycles. The third kappa shape index (κ3) is 3.47. The summed E-state index contributed by atoms with van der Waals surface area (Å²) in [4.78, 5) is 21.0. The van der Waals surface area contributed by atoms with E-state index >= 15 is 0 Å². The number of carbonyl (C=O) groups is 1. The van der Waals surface area contributed by atoms with E-state index in [0.717, 1.165) is 6.07 Å². The summed E-state index contributed by atoms with van der Waals surface area (Å²) in [7, 11) is 1.54. The molecular weight excluding hydrogens is 429 g/mol. The number of hydrogen-bond acceptors (Lipinski definition) is 8. The van der Waals surface area contributed by atoms with Gasteiger partial charge in [0.15, 0.2) is 23.2 Å². The van der Waals surface area contributed by atoms with Gasteiger partial charge < -0.3 is 26.8 Å². The number of fused-ring (bicyclic) bond motifs is 1. The van der Waals surface area contributed by atoms with Crippen LogP contribution in [0, 0.1) is 17.5 Å². The summed E-state index contributed by atoms with van der Waals surface area (Å²) in [6.07, 6.45) is -1.05. The maximum Gasteiger partial charge on any atom is 0.409 e. The van der Waals surface area contributed by atoms with Gasteiger partial charge in [0.2, 0.25) is 5.96 Å². The van der Waals surface area contributed by atoms with Crippen molar-refractivity contribution < 1.29 is 22.7 Å². The number of aromatic nitrogens is 3. The summed E-state index contributed by atoms with van der Waals surface area (Å²) >= 11 is 0. The van der Waals surface area contributed by atoms with Gasteiger partial charge in [-0.05, 0) is 24.3 Å². The number of hydrogen-bond donors (Lipinski definition) is 3. The molecule has 0 bridgehead atoms. The highest BCUT2D eigenvalue weighted by Gasteiger charge is 2.31. The molecule has 0 radical (unpaired) electrons. The lowest BCUT2D eigenvalue weighted by Gasteiger charge is -2.32. The van der Waals surface area contributed by atoms with E-state index in [4.69, 9.17) is 21.9 Å². The van der Waals surface area contributed by atoms with Crippen molar-refractivity contribution in [1.82, 2.24) is 19.7 Å². The minimum Gasteiger partial charge on any atom is -0.407 e. The second-order valence-electron chi connectivity index (χ2n) is 6.87. The Morgan fingerprint density at radius 1 is 1.22 bits per heavy atom. The van der Waals surface area contributed by atoms with Crippen molar-refractivity contribution >= 4 is 23.1 Å². The largest absolute Gasteiger partial charge is 0.409 e. The summed E-state index contributed by atoms with van der Waals surface area (Å²) in [5.41, 5.74) is 17.4. The van der Waals surface area contributed by atoms with E-state index in [-0.39, 0.29) is 29.7 Å². The quantitative estimate of drug-likeness (QED) is 0.510. The highest BCUT2D eigenvalue weighted by molar-refractivity contribution is 5.93. The number of amides is 1. The van der Waals surface area contributed by atoms with Crippen LogP contribution in [-0.2, 0) is 11.2 Å². The minimum atomic E-state index is -1.31. The first-order chi connectivity index (χ1) is 15.2. The summed E-state index contributed by atoms with van der Waals surface area (Å²) < 4.78 is 48.2. The number of likely N-dealkylation sites (N-methyl/N-ethyl adjacent to an activating group) is 1. The number of halogens is 3. The fourth-order valence-electron chi connectivity index (χ4n) is 3.29. The van der Waals surface area contributed by atoms with Crippen LogP contribution in [0.25, 0.3) is 11.0 Å². The predicted molar refractivity (Wildman–Crippen MR) is 107 cm³/mol. The number of benzene rings is 1. The Labute approximate surface area is 178 Å². The van der Waals surface area contributed by atoms with Crippen LogP contribution in [0.15, 0.2) is 47.0 Å². The summed E-state index contributed by atoms with van der Waals surface area (Å²) in [5.74, 6) is -3.64. The Morgan fingerprint density at radius 2 is 1.94 bits per heavy atom. The van der Waals surface area contributed by atoms with Gasteiger partial charge in [-0.15, -0.1) is 0 Å². The zero-order chi connectivity index (χ0) is 23.2. The number of aliphatic imine (C=N–C) groups is 1. The molecule has 3 aromatic rings. The molecule has 3 heterocycles. The molecule has 2 aromatic heterocycles. The lowest BCUT2D eigenvalue weighted by molar-refractivity contribution is 0.165.